The Bertz CT molecular complexity index is 500. The molecular formula is C11H10ClN3OS. The maximum atomic E-state index is 11.5. The first-order valence-corrected chi connectivity index (χ1v) is 6.12. The summed E-state index contributed by atoms with van der Waals surface area (Å²) in [5, 5.41) is 5.41. The number of halogens is 1. The molecular weight excluding hydrogens is 258 g/mol. The fraction of sp³-hybridized carbons (Fsp3) is 0.0909. The average Bonchev–Trinajstić information content (AvgIpc) is 2.74. The first-order chi connectivity index (χ1) is 8.24. The molecule has 17 heavy (non-hydrogen) atoms. The van der Waals surface area contributed by atoms with Gasteiger partial charge < -0.3 is 10.6 Å². The highest BCUT2D eigenvalue weighted by molar-refractivity contribution is 7.16. The van der Waals surface area contributed by atoms with Crippen LogP contribution in [0.4, 0.5) is 10.5 Å². The van der Waals surface area contributed by atoms with Gasteiger partial charge in [-0.2, -0.15) is 0 Å². The van der Waals surface area contributed by atoms with Crippen LogP contribution in [0.1, 0.15) is 4.88 Å². The van der Waals surface area contributed by atoms with Crippen molar-refractivity contribution in [2.45, 2.75) is 6.54 Å². The van der Waals surface area contributed by atoms with Crippen molar-refractivity contribution < 1.29 is 4.79 Å². The Kier molecular flexibility index (Phi) is 3.95. The molecule has 0 saturated carbocycles. The topological polar surface area (TPSA) is 54.0 Å². The average molecular weight is 268 g/mol. The van der Waals surface area contributed by atoms with Gasteiger partial charge in [-0.3, -0.25) is 4.98 Å². The van der Waals surface area contributed by atoms with E-state index in [9.17, 15) is 4.79 Å². The largest absolute Gasteiger partial charge is 0.333 e. The molecule has 0 aliphatic rings. The minimum absolute atomic E-state index is 0.262. The minimum atomic E-state index is -0.262. The van der Waals surface area contributed by atoms with Crippen molar-refractivity contribution in [3.05, 3.63) is 45.9 Å². The van der Waals surface area contributed by atoms with Crippen molar-refractivity contribution in [1.29, 1.82) is 0 Å². The number of aromatic nitrogens is 1. The van der Waals surface area contributed by atoms with E-state index in [2.05, 4.69) is 15.6 Å². The number of amides is 2. The highest BCUT2D eigenvalue weighted by Crippen LogP contribution is 2.20. The van der Waals surface area contributed by atoms with Gasteiger partial charge >= 0.3 is 6.03 Å². The molecule has 6 heteroatoms. The van der Waals surface area contributed by atoms with Crippen LogP contribution in [-0.2, 0) is 6.54 Å². The van der Waals surface area contributed by atoms with E-state index in [1.165, 1.54) is 11.3 Å². The molecule has 0 aliphatic heterocycles. The van der Waals surface area contributed by atoms with Gasteiger partial charge in [0.05, 0.1) is 22.8 Å². The molecule has 2 amide bonds. The highest BCUT2D eigenvalue weighted by atomic mass is 35.5. The molecule has 0 radical (unpaired) electrons. The van der Waals surface area contributed by atoms with E-state index < -0.39 is 0 Å². The summed E-state index contributed by atoms with van der Waals surface area (Å²) in [6, 6.07) is 6.96. The van der Waals surface area contributed by atoms with Gasteiger partial charge in [-0.05, 0) is 24.3 Å². The molecule has 2 aromatic heterocycles. The lowest BCUT2D eigenvalue weighted by Gasteiger charge is -2.05. The number of hydrogen-bond acceptors (Lipinski definition) is 3. The van der Waals surface area contributed by atoms with Crippen LogP contribution in [0.2, 0.25) is 4.34 Å². The number of nitrogens with zero attached hydrogens (tertiary/aromatic N) is 1. The van der Waals surface area contributed by atoms with E-state index in [4.69, 9.17) is 11.6 Å². The standard InChI is InChI=1S/C11H10ClN3OS/c12-10-4-3-9(17-10)7-14-11(16)15-8-2-1-5-13-6-8/h1-6H,7H2,(H2,14,15,16). The second-order valence-electron chi connectivity index (χ2n) is 3.26. The number of nitrogens with one attached hydrogen (secondary N) is 2. The van der Waals surface area contributed by atoms with Crippen LogP contribution < -0.4 is 10.6 Å². The van der Waals surface area contributed by atoms with Gasteiger partial charge in [0.25, 0.3) is 0 Å². The maximum Gasteiger partial charge on any atom is 0.319 e. The van der Waals surface area contributed by atoms with Crippen molar-refractivity contribution in [2.75, 3.05) is 5.32 Å². The summed E-state index contributed by atoms with van der Waals surface area (Å²) in [6.07, 6.45) is 3.23. The second-order valence-corrected chi connectivity index (χ2v) is 5.05. The number of urea groups is 1. The lowest BCUT2D eigenvalue weighted by atomic mass is 10.4. The summed E-state index contributed by atoms with van der Waals surface area (Å²) in [4.78, 5) is 16.4. The van der Waals surface area contributed by atoms with E-state index in [1.807, 2.05) is 12.1 Å². The molecule has 88 valence electrons. The zero-order valence-corrected chi connectivity index (χ0v) is 10.4. The Morgan fingerprint density at radius 1 is 1.41 bits per heavy atom. The van der Waals surface area contributed by atoms with Crippen LogP contribution >= 0.6 is 22.9 Å². The molecule has 2 heterocycles. The van der Waals surface area contributed by atoms with Crippen LogP contribution in [0.25, 0.3) is 0 Å². The first kappa shape index (κ1) is 11.9. The quantitative estimate of drug-likeness (QED) is 0.898. The molecule has 0 saturated heterocycles. The Morgan fingerprint density at radius 3 is 2.94 bits per heavy atom. The fourth-order valence-corrected chi connectivity index (χ4v) is 2.25. The van der Waals surface area contributed by atoms with Crippen LogP contribution in [0.5, 0.6) is 0 Å². The number of rotatable bonds is 3. The predicted molar refractivity (Wildman–Crippen MR) is 69.4 cm³/mol. The normalized spacial score (nSPS) is 9.94. The van der Waals surface area contributed by atoms with Gasteiger partial charge in [-0.25, -0.2) is 4.79 Å². The van der Waals surface area contributed by atoms with E-state index in [-0.39, 0.29) is 6.03 Å². The fourth-order valence-electron chi connectivity index (χ4n) is 1.23. The van der Waals surface area contributed by atoms with Crippen molar-refractivity contribution in [1.82, 2.24) is 10.3 Å². The summed E-state index contributed by atoms with van der Waals surface area (Å²) in [5.41, 5.74) is 0.661. The van der Waals surface area contributed by atoms with Crippen molar-refractivity contribution >= 4 is 34.7 Å². The van der Waals surface area contributed by atoms with Gasteiger partial charge in [0, 0.05) is 11.1 Å². The summed E-state index contributed by atoms with van der Waals surface area (Å²) < 4.78 is 0.717. The summed E-state index contributed by atoms with van der Waals surface area (Å²) in [7, 11) is 0. The number of pyridine rings is 1. The van der Waals surface area contributed by atoms with Crippen LogP contribution in [0.15, 0.2) is 36.7 Å². The highest BCUT2D eigenvalue weighted by Gasteiger charge is 2.02. The monoisotopic (exact) mass is 267 g/mol. The third kappa shape index (κ3) is 3.72. The zero-order valence-electron chi connectivity index (χ0n) is 8.81. The van der Waals surface area contributed by atoms with E-state index >= 15 is 0 Å². The number of anilines is 1. The van der Waals surface area contributed by atoms with E-state index in [0.717, 1.165) is 9.21 Å². The Labute approximate surface area is 108 Å². The van der Waals surface area contributed by atoms with Crippen LogP contribution in [-0.4, -0.2) is 11.0 Å². The smallest absolute Gasteiger partial charge is 0.319 e. The predicted octanol–water partition coefficient (Wildman–Crippen LogP) is 3.12. The summed E-state index contributed by atoms with van der Waals surface area (Å²) in [5.74, 6) is 0. The molecule has 0 atom stereocenters. The zero-order chi connectivity index (χ0) is 12.1. The lowest BCUT2D eigenvalue weighted by molar-refractivity contribution is 0.252. The Balaban J connectivity index is 1.82. The molecule has 2 rings (SSSR count). The first-order valence-electron chi connectivity index (χ1n) is 4.93. The molecule has 0 aromatic carbocycles. The second kappa shape index (κ2) is 5.65. The van der Waals surface area contributed by atoms with E-state index in [0.29, 0.717) is 12.2 Å². The molecule has 0 fully saturated rings. The third-order valence-electron chi connectivity index (χ3n) is 1.97. The maximum absolute atomic E-state index is 11.5. The van der Waals surface area contributed by atoms with Crippen molar-refractivity contribution in [3.8, 4) is 0 Å². The molecule has 2 N–H and O–H groups in total. The number of hydrogen-bond donors (Lipinski definition) is 2. The van der Waals surface area contributed by atoms with Crippen LogP contribution in [0.3, 0.4) is 0 Å². The molecule has 0 spiro atoms. The number of carbonyl (C=O) groups excluding carboxylic acids is 1. The number of carbonyl (C=O) groups is 1. The van der Waals surface area contributed by atoms with E-state index in [1.54, 1.807) is 24.5 Å². The van der Waals surface area contributed by atoms with Gasteiger partial charge in [-0.1, -0.05) is 11.6 Å². The van der Waals surface area contributed by atoms with Crippen molar-refractivity contribution in [2.24, 2.45) is 0 Å². The molecule has 0 unspecified atom stereocenters. The SMILES string of the molecule is O=C(NCc1ccc(Cl)s1)Nc1cccnc1. The van der Waals surface area contributed by atoms with Gasteiger partial charge in [0.1, 0.15) is 0 Å². The number of thiophene rings is 1. The third-order valence-corrected chi connectivity index (χ3v) is 3.20. The van der Waals surface area contributed by atoms with Gasteiger partial charge in [-0.15, -0.1) is 11.3 Å². The lowest BCUT2D eigenvalue weighted by Crippen LogP contribution is -2.27. The molecule has 0 bridgehead atoms. The Morgan fingerprint density at radius 2 is 2.29 bits per heavy atom. The summed E-state index contributed by atoms with van der Waals surface area (Å²) >= 11 is 7.23. The molecule has 0 aliphatic carbocycles. The molecule has 4 nitrogen and oxygen atoms in total. The van der Waals surface area contributed by atoms with Crippen LogP contribution in [0, 0.1) is 0 Å². The summed E-state index contributed by atoms with van der Waals surface area (Å²) in [6.45, 7) is 0.462. The molecule has 2 aromatic rings. The van der Waals surface area contributed by atoms with Crippen molar-refractivity contribution in [3.63, 3.8) is 0 Å². The van der Waals surface area contributed by atoms with Gasteiger partial charge in [0.2, 0.25) is 0 Å². The Hall–Kier alpha value is -1.59. The van der Waals surface area contributed by atoms with Gasteiger partial charge in [0.15, 0.2) is 0 Å². The minimum Gasteiger partial charge on any atom is -0.333 e.